The number of rotatable bonds is 3. The fourth-order valence-electron chi connectivity index (χ4n) is 1.04. The minimum absolute atomic E-state index is 0.00957. The van der Waals surface area contributed by atoms with Crippen LogP contribution in [-0.4, -0.2) is 38.6 Å². The van der Waals surface area contributed by atoms with Gasteiger partial charge in [-0.05, 0) is 6.92 Å². The fraction of sp³-hybridized carbons (Fsp3) is 0.375. The molecule has 1 aromatic heterocycles. The van der Waals surface area contributed by atoms with Gasteiger partial charge in [-0.1, -0.05) is 0 Å². The Labute approximate surface area is 108 Å². The molecule has 1 N–H and O–H groups in total. The molecule has 0 aromatic carbocycles. The van der Waals surface area contributed by atoms with Crippen LogP contribution >= 0.6 is 10.7 Å². The molecular formula is C8H11ClN4O4S. The molecule has 0 fully saturated rings. The maximum Gasteiger partial charge on any atom is 0.338 e. The fourth-order valence-corrected chi connectivity index (χ4v) is 1.59. The second kappa shape index (κ2) is 5.36. The maximum absolute atomic E-state index is 11.5. The van der Waals surface area contributed by atoms with Crippen LogP contribution in [0.15, 0.2) is 6.07 Å². The van der Waals surface area contributed by atoms with Crippen molar-refractivity contribution < 1.29 is 17.9 Å². The zero-order valence-corrected chi connectivity index (χ0v) is 11.4. The minimum Gasteiger partial charge on any atom is -0.481 e. The number of nitrogens with one attached hydrogen (secondary N) is 1. The van der Waals surface area contributed by atoms with E-state index in [4.69, 9.17) is 15.4 Å². The molecule has 0 saturated carbocycles. The molecule has 0 aliphatic rings. The van der Waals surface area contributed by atoms with Crippen LogP contribution in [0, 0.1) is 6.92 Å². The molecule has 1 rings (SSSR count). The van der Waals surface area contributed by atoms with Crippen molar-refractivity contribution in [3.63, 3.8) is 0 Å². The number of halogens is 1. The highest BCUT2D eigenvalue weighted by Gasteiger charge is 2.19. The molecule has 2 amide bonds. The number of hydrogen-bond acceptors (Lipinski definition) is 6. The Morgan fingerprint density at radius 1 is 1.50 bits per heavy atom. The number of methoxy groups -OCH3 is 1. The zero-order chi connectivity index (χ0) is 13.9. The lowest BCUT2D eigenvalue weighted by Gasteiger charge is -2.15. The number of ether oxygens (including phenoxy) is 1. The summed E-state index contributed by atoms with van der Waals surface area (Å²) in [6.45, 7) is 1.68. The summed E-state index contributed by atoms with van der Waals surface area (Å²) in [5, 5.41) is 0. The van der Waals surface area contributed by atoms with E-state index >= 15 is 0 Å². The summed E-state index contributed by atoms with van der Waals surface area (Å²) in [6, 6.07) is 0.589. The molecule has 0 spiro atoms. The van der Waals surface area contributed by atoms with Gasteiger partial charge in [0.15, 0.2) is 0 Å². The molecule has 0 radical (unpaired) electrons. The summed E-state index contributed by atoms with van der Waals surface area (Å²) in [5.41, 5.74) is 0.560. The number of nitrogens with zero attached hydrogens (tertiary/aromatic N) is 3. The number of aryl methyl sites for hydroxylation is 1. The first-order valence-electron chi connectivity index (χ1n) is 4.62. The highest BCUT2D eigenvalue weighted by atomic mass is 35.7. The van der Waals surface area contributed by atoms with Crippen LogP contribution in [-0.2, 0) is 9.24 Å². The topological polar surface area (TPSA) is 101 Å². The maximum atomic E-state index is 11.5. The van der Waals surface area contributed by atoms with E-state index in [2.05, 4.69) is 9.97 Å². The van der Waals surface area contributed by atoms with Crippen LogP contribution in [0.4, 0.5) is 10.7 Å². The van der Waals surface area contributed by atoms with Crippen molar-refractivity contribution in [2.24, 2.45) is 0 Å². The Morgan fingerprint density at radius 3 is 2.61 bits per heavy atom. The van der Waals surface area contributed by atoms with Gasteiger partial charge in [0.05, 0.1) is 7.11 Å². The van der Waals surface area contributed by atoms with Crippen molar-refractivity contribution in [2.45, 2.75) is 6.92 Å². The largest absolute Gasteiger partial charge is 0.481 e. The van der Waals surface area contributed by atoms with E-state index in [1.165, 1.54) is 14.2 Å². The quantitative estimate of drug-likeness (QED) is 0.811. The van der Waals surface area contributed by atoms with Gasteiger partial charge in [0.2, 0.25) is 11.8 Å². The highest BCUT2D eigenvalue weighted by molar-refractivity contribution is 8.12. The molecular weight excluding hydrogens is 284 g/mol. The number of carbonyl (C=O) groups is 1. The number of anilines is 1. The van der Waals surface area contributed by atoms with E-state index < -0.39 is 15.3 Å². The number of urea groups is 1. The average Bonchev–Trinajstić information content (AvgIpc) is 2.24. The third-order valence-corrected chi connectivity index (χ3v) is 2.49. The minimum atomic E-state index is -4.16. The Hall–Kier alpha value is -1.61. The first-order valence-corrected chi connectivity index (χ1v) is 6.93. The summed E-state index contributed by atoms with van der Waals surface area (Å²) in [6.07, 6.45) is 0. The molecule has 1 aromatic rings. The van der Waals surface area contributed by atoms with Gasteiger partial charge >= 0.3 is 15.3 Å². The van der Waals surface area contributed by atoms with Crippen molar-refractivity contribution in [2.75, 3.05) is 19.1 Å². The van der Waals surface area contributed by atoms with Gasteiger partial charge in [-0.15, -0.1) is 0 Å². The van der Waals surface area contributed by atoms with Crippen LogP contribution in [0.25, 0.3) is 0 Å². The second-order valence-electron chi connectivity index (χ2n) is 3.26. The molecule has 100 valence electrons. The van der Waals surface area contributed by atoms with Gasteiger partial charge in [-0.25, -0.2) is 14.5 Å². The van der Waals surface area contributed by atoms with Crippen LogP contribution < -0.4 is 14.4 Å². The van der Waals surface area contributed by atoms with Crippen LogP contribution in [0.5, 0.6) is 5.88 Å². The van der Waals surface area contributed by atoms with Crippen LogP contribution in [0.2, 0.25) is 0 Å². The number of amides is 2. The Kier molecular flexibility index (Phi) is 4.30. The molecule has 0 bridgehead atoms. The van der Waals surface area contributed by atoms with Gasteiger partial charge in [0.25, 0.3) is 0 Å². The van der Waals surface area contributed by atoms with E-state index in [9.17, 15) is 13.2 Å². The standard InChI is InChI=1S/C8H11ClN4O4S/c1-5-4-6(17-3)11-7(10-5)13(2)8(14)12-18(9,15)16/h4H,1-3H3,(H,12,14). The monoisotopic (exact) mass is 294 g/mol. The van der Waals surface area contributed by atoms with Crippen molar-refractivity contribution >= 4 is 31.9 Å². The molecule has 0 aliphatic carbocycles. The first-order chi connectivity index (χ1) is 8.23. The Balaban J connectivity index is 3.00. The van der Waals surface area contributed by atoms with E-state index in [0.717, 1.165) is 4.90 Å². The van der Waals surface area contributed by atoms with Crippen molar-refractivity contribution in [1.29, 1.82) is 0 Å². The van der Waals surface area contributed by atoms with E-state index in [1.807, 2.05) is 0 Å². The Morgan fingerprint density at radius 2 is 2.11 bits per heavy atom. The van der Waals surface area contributed by atoms with E-state index in [1.54, 1.807) is 17.7 Å². The third-order valence-electron chi connectivity index (χ3n) is 1.84. The SMILES string of the molecule is COc1cc(C)nc(N(C)C(=O)NS(=O)(=O)Cl)n1. The highest BCUT2D eigenvalue weighted by Crippen LogP contribution is 2.14. The van der Waals surface area contributed by atoms with Crippen molar-refractivity contribution in [3.8, 4) is 5.88 Å². The lowest BCUT2D eigenvalue weighted by atomic mass is 10.4. The predicted molar refractivity (Wildman–Crippen MR) is 65.0 cm³/mol. The second-order valence-corrected chi connectivity index (χ2v) is 5.55. The molecule has 0 aliphatic heterocycles. The van der Waals surface area contributed by atoms with Gasteiger partial charge in [-0.2, -0.15) is 13.4 Å². The molecule has 1 heterocycles. The first kappa shape index (κ1) is 14.5. The summed E-state index contributed by atoms with van der Waals surface area (Å²) in [5.74, 6) is 0.246. The van der Waals surface area contributed by atoms with Gasteiger partial charge in [0, 0.05) is 29.5 Å². The number of carbonyl (C=O) groups excluding carboxylic acids is 1. The van der Waals surface area contributed by atoms with E-state index in [-0.39, 0.29) is 11.8 Å². The van der Waals surface area contributed by atoms with Gasteiger partial charge in [0.1, 0.15) is 0 Å². The third kappa shape index (κ3) is 4.00. The van der Waals surface area contributed by atoms with Gasteiger partial charge in [-0.3, -0.25) is 4.90 Å². The predicted octanol–water partition coefficient (Wildman–Crippen LogP) is 0.423. The smallest absolute Gasteiger partial charge is 0.338 e. The van der Waals surface area contributed by atoms with Crippen LogP contribution in [0.3, 0.4) is 0 Å². The lowest BCUT2D eigenvalue weighted by Crippen LogP contribution is -2.39. The summed E-state index contributed by atoms with van der Waals surface area (Å²) >= 11 is 0. The normalized spacial score (nSPS) is 10.9. The van der Waals surface area contributed by atoms with E-state index in [0.29, 0.717) is 5.69 Å². The van der Waals surface area contributed by atoms with Crippen LogP contribution in [0.1, 0.15) is 5.69 Å². The Bertz CT molecular complexity index is 562. The molecule has 8 nitrogen and oxygen atoms in total. The number of aromatic nitrogens is 2. The molecule has 0 unspecified atom stereocenters. The molecule has 0 saturated heterocycles. The van der Waals surface area contributed by atoms with Crippen molar-refractivity contribution in [1.82, 2.24) is 14.7 Å². The summed E-state index contributed by atoms with van der Waals surface area (Å²) in [4.78, 5) is 20.3. The van der Waals surface area contributed by atoms with Gasteiger partial charge < -0.3 is 4.74 Å². The molecule has 18 heavy (non-hydrogen) atoms. The molecule has 10 heteroatoms. The number of hydrogen-bond donors (Lipinski definition) is 1. The van der Waals surface area contributed by atoms with Crippen molar-refractivity contribution in [3.05, 3.63) is 11.8 Å². The zero-order valence-electron chi connectivity index (χ0n) is 9.84. The summed E-state index contributed by atoms with van der Waals surface area (Å²) < 4.78 is 27.9. The lowest BCUT2D eigenvalue weighted by molar-refractivity contribution is 0.252. The molecule has 0 atom stereocenters. The average molecular weight is 295 g/mol. The summed E-state index contributed by atoms with van der Waals surface area (Å²) in [7, 11) is 3.45.